The molecule has 0 saturated carbocycles. The Kier molecular flexibility index (Phi) is 10.2. The molecule has 0 amide bonds. The van der Waals surface area contributed by atoms with Crippen molar-refractivity contribution in [3.8, 4) is 0 Å². The van der Waals surface area contributed by atoms with Crippen LogP contribution in [0.4, 0.5) is 0 Å². The van der Waals surface area contributed by atoms with Crippen LogP contribution in [0.1, 0.15) is 26.2 Å². The summed E-state index contributed by atoms with van der Waals surface area (Å²) < 4.78 is 5.05. The van der Waals surface area contributed by atoms with E-state index in [1.807, 2.05) is 31.0 Å². The Labute approximate surface area is 129 Å². The molecule has 0 aliphatic heterocycles. The van der Waals surface area contributed by atoms with Crippen LogP contribution in [0.3, 0.4) is 0 Å². The third-order valence-electron chi connectivity index (χ3n) is 3.33. The first kappa shape index (κ1) is 19.4. The average Bonchev–Trinajstić information content (AvgIpc) is 2.45. The minimum Gasteiger partial charge on any atom is -0.402 e. The molecule has 0 fully saturated rings. The zero-order valence-electron chi connectivity index (χ0n) is 14.1. The Balaban J connectivity index is 4.05. The molecule has 21 heavy (non-hydrogen) atoms. The van der Waals surface area contributed by atoms with Crippen LogP contribution in [0.2, 0.25) is 0 Å². The van der Waals surface area contributed by atoms with Gasteiger partial charge in [0.25, 0.3) is 0 Å². The van der Waals surface area contributed by atoms with Crippen molar-refractivity contribution in [2.24, 2.45) is 11.5 Å². The van der Waals surface area contributed by atoms with Crippen molar-refractivity contribution >= 4 is 0 Å². The van der Waals surface area contributed by atoms with Crippen molar-refractivity contribution in [1.29, 1.82) is 0 Å². The van der Waals surface area contributed by atoms with Gasteiger partial charge in [0.1, 0.15) is 0 Å². The number of hydrogen-bond donors (Lipinski definition) is 2. The monoisotopic (exact) mass is 296 g/mol. The molecule has 4 N–H and O–H groups in total. The van der Waals surface area contributed by atoms with E-state index in [0.717, 1.165) is 50.4 Å². The van der Waals surface area contributed by atoms with Crippen LogP contribution in [-0.4, -0.2) is 50.7 Å². The highest BCUT2D eigenvalue weighted by Gasteiger charge is 2.05. The van der Waals surface area contributed by atoms with Gasteiger partial charge in [-0.3, -0.25) is 0 Å². The molecule has 0 aliphatic carbocycles. The van der Waals surface area contributed by atoms with E-state index in [-0.39, 0.29) is 0 Å². The zero-order valence-corrected chi connectivity index (χ0v) is 14.1. The molecule has 0 bridgehead atoms. The number of nitrogens with two attached hydrogens (primary N) is 2. The van der Waals surface area contributed by atoms with Crippen LogP contribution in [0, 0.1) is 0 Å². The predicted octanol–water partition coefficient (Wildman–Crippen LogP) is 1.84. The van der Waals surface area contributed by atoms with E-state index in [1.54, 1.807) is 7.11 Å². The number of unbranched alkanes of at least 4 members (excludes halogenated alkanes) is 1. The summed E-state index contributed by atoms with van der Waals surface area (Å²) in [5.74, 6) is 0.707. The highest BCUT2D eigenvalue weighted by atomic mass is 16.5. The van der Waals surface area contributed by atoms with Gasteiger partial charge in [-0.25, -0.2) is 0 Å². The van der Waals surface area contributed by atoms with E-state index < -0.39 is 0 Å². The summed E-state index contributed by atoms with van der Waals surface area (Å²) in [6, 6.07) is 0. The normalized spacial score (nSPS) is 12.4. The van der Waals surface area contributed by atoms with Crippen molar-refractivity contribution in [1.82, 2.24) is 9.80 Å². The number of methoxy groups -OCH3 is 1. The first-order valence-electron chi connectivity index (χ1n) is 7.37. The van der Waals surface area contributed by atoms with Gasteiger partial charge >= 0.3 is 0 Å². The summed E-state index contributed by atoms with van der Waals surface area (Å²) in [6.45, 7) is 8.51. The van der Waals surface area contributed by atoms with Gasteiger partial charge in [-0.2, -0.15) is 0 Å². The largest absolute Gasteiger partial charge is 0.402 e. The van der Waals surface area contributed by atoms with Crippen molar-refractivity contribution < 1.29 is 4.74 Å². The molecular weight excluding hydrogens is 264 g/mol. The lowest BCUT2D eigenvalue weighted by atomic mass is 10.2. The van der Waals surface area contributed by atoms with Gasteiger partial charge in [0, 0.05) is 52.3 Å². The molecule has 0 spiro atoms. The Hall–Kier alpha value is -1.62. The molecule has 0 aromatic carbocycles. The molecule has 122 valence electrons. The van der Waals surface area contributed by atoms with E-state index in [2.05, 4.69) is 18.5 Å². The van der Waals surface area contributed by atoms with E-state index in [1.165, 1.54) is 0 Å². The van der Waals surface area contributed by atoms with Gasteiger partial charge in [-0.05, 0) is 38.3 Å². The fraction of sp³-hybridized carbons (Fsp3) is 0.625. The van der Waals surface area contributed by atoms with E-state index >= 15 is 0 Å². The van der Waals surface area contributed by atoms with Crippen LogP contribution in [0.5, 0.6) is 0 Å². The van der Waals surface area contributed by atoms with Crippen LogP contribution in [0.15, 0.2) is 35.9 Å². The van der Waals surface area contributed by atoms with Crippen molar-refractivity contribution in [3.05, 3.63) is 35.9 Å². The number of rotatable bonds is 11. The van der Waals surface area contributed by atoms with E-state index in [9.17, 15) is 0 Å². The van der Waals surface area contributed by atoms with E-state index in [0.29, 0.717) is 5.82 Å². The van der Waals surface area contributed by atoms with Crippen LogP contribution in [-0.2, 0) is 4.74 Å². The maximum atomic E-state index is 5.97. The Bertz CT molecular complexity index is 359. The van der Waals surface area contributed by atoms with Gasteiger partial charge in [0.05, 0.1) is 5.82 Å². The third kappa shape index (κ3) is 9.85. The maximum Gasteiger partial charge on any atom is 0.0985 e. The zero-order chi connectivity index (χ0) is 16.3. The lowest BCUT2D eigenvalue weighted by molar-refractivity contribution is 0.192. The summed E-state index contributed by atoms with van der Waals surface area (Å²) in [5.41, 5.74) is 13.5. The molecule has 0 radical (unpaired) electrons. The number of ether oxygens (including phenoxy) is 1. The number of hydrogen-bond acceptors (Lipinski definition) is 5. The molecule has 0 rings (SSSR count). The van der Waals surface area contributed by atoms with Crippen LogP contribution in [0.25, 0.3) is 0 Å². The standard InChI is InChI=1S/C16H32N4O/c1-14(17)9-10-16(18)20(4)12-11-19(3)15(2)8-6-7-13-21-5/h9-10H,2,6-8,11-13,17-18H2,1,3-5H3/b14-9-,16-10+. The van der Waals surface area contributed by atoms with Gasteiger partial charge in [-0.15, -0.1) is 0 Å². The second-order valence-electron chi connectivity index (χ2n) is 5.36. The SMILES string of the molecule is C=C(CCCCOC)N(C)CCN(C)/C(N)=C/C=C(/C)N. The van der Waals surface area contributed by atoms with Gasteiger partial charge in [0.2, 0.25) is 0 Å². The highest BCUT2D eigenvalue weighted by Crippen LogP contribution is 2.09. The summed E-state index contributed by atoms with van der Waals surface area (Å²) in [6.07, 6.45) is 6.82. The smallest absolute Gasteiger partial charge is 0.0985 e. The highest BCUT2D eigenvalue weighted by molar-refractivity contribution is 5.12. The van der Waals surface area contributed by atoms with Crippen LogP contribution < -0.4 is 11.5 Å². The average molecular weight is 296 g/mol. The number of likely N-dealkylation sites (N-methyl/N-ethyl adjacent to an activating group) is 2. The topological polar surface area (TPSA) is 67.8 Å². The minimum absolute atomic E-state index is 0.707. The number of nitrogens with zero attached hydrogens (tertiary/aromatic N) is 2. The lowest BCUT2D eigenvalue weighted by Crippen LogP contribution is -2.32. The van der Waals surface area contributed by atoms with Gasteiger partial charge < -0.3 is 26.0 Å². The summed E-state index contributed by atoms with van der Waals surface area (Å²) in [7, 11) is 5.77. The first-order chi connectivity index (χ1) is 9.88. The molecule has 0 atom stereocenters. The fourth-order valence-electron chi connectivity index (χ4n) is 1.70. The molecule has 0 aliphatic rings. The fourth-order valence-corrected chi connectivity index (χ4v) is 1.70. The third-order valence-corrected chi connectivity index (χ3v) is 3.33. The van der Waals surface area contributed by atoms with Crippen molar-refractivity contribution in [2.75, 3.05) is 40.9 Å². The lowest BCUT2D eigenvalue weighted by Gasteiger charge is -2.26. The second kappa shape index (κ2) is 11.1. The molecule has 0 saturated heterocycles. The molecular formula is C16H32N4O. The van der Waals surface area contributed by atoms with Crippen LogP contribution >= 0.6 is 0 Å². The molecule has 0 aromatic rings. The Morgan fingerprint density at radius 2 is 1.71 bits per heavy atom. The molecule has 0 unspecified atom stereocenters. The van der Waals surface area contributed by atoms with Crippen molar-refractivity contribution in [3.63, 3.8) is 0 Å². The molecule has 5 nitrogen and oxygen atoms in total. The summed E-state index contributed by atoms with van der Waals surface area (Å²) >= 11 is 0. The van der Waals surface area contributed by atoms with E-state index in [4.69, 9.17) is 16.2 Å². The first-order valence-corrected chi connectivity index (χ1v) is 7.37. The quantitative estimate of drug-likeness (QED) is 0.450. The van der Waals surface area contributed by atoms with Gasteiger partial charge in [0.15, 0.2) is 0 Å². The van der Waals surface area contributed by atoms with Gasteiger partial charge in [-0.1, -0.05) is 6.58 Å². The second-order valence-corrected chi connectivity index (χ2v) is 5.36. The molecule has 5 heteroatoms. The summed E-state index contributed by atoms with van der Waals surface area (Å²) in [4.78, 5) is 4.19. The maximum absolute atomic E-state index is 5.97. The Morgan fingerprint density at radius 3 is 2.29 bits per heavy atom. The minimum atomic E-state index is 0.707. The predicted molar refractivity (Wildman–Crippen MR) is 90.3 cm³/mol. The summed E-state index contributed by atoms with van der Waals surface area (Å²) in [5, 5.41) is 0. The molecule has 0 aromatic heterocycles. The number of allylic oxidation sites excluding steroid dienone is 4. The Morgan fingerprint density at radius 1 is 1.10 bits per heavy atom. The van der Waals surface area contributed by atoms with Crippen molar-refractivity contribution in [2.45, 2.75) is 26.2 Å². The molecule has 0 heterocycles.